The molecule has 1 unspecified atom stereocenters. The summed E-state index contributed by atoms with van der Waals surface area (Å²) in [5.74, 6) is -0.919. The molecule has 0 aliphatic carbocycles. The number of nitrogens with one attached hydrogen (secondary N) is 3. The number of benzene rings is 1. The van der Waals surface area contributed by atoms with Crippen molar-refractivity contribution in [3.63, 3.8) is 0 Å². The number of carbonyl (C=O) groups excluding carboxylic acids is 2. The number of rotatable bonds is 11. The molecular formula is C28H34FN5O5. The number of H-pyrrole nitrogens is 1. The summed E-state index contributed by atoms with van der Waals surface area (Å²) in [6, 6.07) is 6.64. The molecule has 39 heavy (non-hydrogen) atoms. The smallest absolute Gasteiger partial charge is 0.405 e. The molecule has 0 radical (unpaired) electrons. The second-order valence-electron chi connectivity index (χ2n) is 9.98. The fourth-order valence-electron chi connectivity index (χ4n) is 4.20. The minimum absolute atomic E-state index is 0.0133. The minimum atomic E-state index is -1.39. The summed E-state index contributed by atoms with van der Waals surface area (Å²) >= 11 is 0. The number of halogens is 1. The van der Waals surface area contributed by atoms with Crippen LogP contribution in [0.15, 0.2) is 53.5 Å². The predicted octanol–water partition coefficient (Wildman–Crippen LogP) is 3.71. The van der Waals surface area contributed by atoms with Gasteiger partial charge in [0.1, 0.15) is 17.5 Å². The van der Waals surface area contributed by atoms with Crippen molar-refractivity contribution in [2.24, 2.45) is 5.92 Å². The Morgan fingerprint density at radius 3 is 2.62 bits per heavy atom. The van der Waals surface area contributed by atoms with Crippen molar-refractivity contribution in [1.29, 1.82) is 0 Å². The monoisotopic (exact) mass is 539 g/mol. The maximum Gasteiger partial charge on any atom is 0.405 e. The second kappa shape index (κ2) is 12.9. The van der Waals surface area contributed by atoms with Gasteiger partial charge in [-0.2, -0.15) is 0 Å². The van der Waals surface area contributed by atoms with Gasteiger partial charge in [-0.1, -0.05) is 19.9 Å². The fraction of sp³-hybridized carbons (Fsp3) is 0.357. The molecule has 0 aliphatic rings. The van der Waals surface area contributed by atoms with Crippen molar-refractivity contribution < 1.29 is 23.9 Å². The van der Waals surface area contributed by atoms with Crippen LogP contribution in [0.5, 0.6) is 0 Å². The summed E-state index contributed by atoms with van der Waals surface area (Å²) in [5.41, 5.74) is 1.87. The summed E-state index contributed by atoms with van der Waals surface area (Å²) in [4.78, 5) is 53.5. The topological polar surface area (TPSA) is 137 Å². The Morgan fingerprint density at radius 2 is 1.95 bits per heavy atom. The zero-order chi connectivity index (χ0) is 28.7. The zero-order valence-electron chi connectivity index (χ0n) is 22.5. The summed E-state index contributed by atoms with van der Waals surface area (Å²) in [6.07, 6.45) is 4.12. The van der Waals surface area contributed by atoms with Gasteiger partial charge in [0.25, 0.3) is 5.56 Å². The molecule has 0 bridgehead atoms. The van der Waals surface area contributed by atoms with Gasteiger partial charge in [0, 0.05) is 36.9 Å². The van der Waals surface area contributed by atoms with Crippen LogP contribution >= 0.6 is 0 Å². The van der Waals surface area contributed by atoms with E-state index in [2.05, 4.69) is 29.5 Å². The number of carboxylic acid groups (broad SMARTS) is 1. The van der Waals surface area contributed by atoms with Gasteiger partial charge in [0.05, 0.1) is 6.54 Å². The summed E-state index contributed by atoms with van der Waals surface area (Å²) in [7, 11) is 3.20. The van der Waals surface area contributed by atoms with Crippen LogP contribution in [-0.4, -0.2) is 57.6 Å². The van der Waals surface area contributed by atoms with E-state index in [1.54, 1.807) is 38.5 Å². The highest BCUT2D eigenvalue weighted by Crippen LogP contribution is 2.24. The van der Waals surface area contributed by atoms with Crippen LogP contribution in [0.3, 0.4) is 0 Å². The molecule has 10 nitrogen and oxygen atoms in total. The van der Waals surface area contributed by atoms with Gasteiger partial charge in [0.2, 0.25) is 11.8 Å². The van der Waals surface area contributed by atoms with Crippen LogP contribution in [0.25, 0.3) is 10.9 Å². The average Bonchev–Trinajstić information content (AvgIpc) is 3.25. The van der Waals surface area contributed by atoms with E-state index in [0.29, 0.717) is 23.4 Å². The second-order valence-corrected chi connectivity index (χ2v) is 9.98. The Morgan fingerprint density at radius 1 is 1.21 bits per heavy atom. The zero-order valence-corrected chi connectivity index (χ0v) is 22.5. The highest BCUT2D eigenvalue weighted by atomic mass is 19.1. The number of amides is 3. The van der Waals surface area contributed by atoms with E-state index in [9.17, 15) is 23.6 Å². The van der Waals surface area contributed by atoms with Gasteiger partial charge < -0.3 is 30.2 Å². The number of hydrogen-bond acceptors (Lipinski definition) is 4. The van der Waals surface area contributed by atoms with Crippen LogP contribution in [0.2, 0.25) is 0 Å². The average molecular weight is 540 g/mol. The molecule has 2 aromatic heterocycles. The van der Waals surface area contributed by atoms with Crippen LogP contribution in [0.4, 0.5) is 14.9 Å². The van der Waals surface area contributed by atoms with Crippen molar-refractivity contribution in [2.45, 2.75) is 45.7 Å². The lowest BCUT2D eigenvalue weighted by Gasteiger charge is -2.16. The van der Waals surface area contributed by atoms with Crippen LogP contribution in [-0.2, 0) is 22.6 Å². The lowest BCUT2D eigenvalue weighted by molar-refractivity contribution is -0.123. The first-order chi connectivity index (χ1) is 18.4. The van der Waals surface area contributed by atoms with E-state index >= 15 is 0 Å². The van der Waals surface area contributed by atoms with E-state index in [4.69, 9.17) is 5.11 Å². The number of hydrogen-bond donors (Lipinski definition) is 4. The Kier molecular flexibility index (Phi) is 9.64. The molecule has 11 heteroatoms. The molecule has 1 atom stereocenters. The molecule has 0 spiro atoms. The largest absolute Gasteiger partial charge is 0.465 e. The van der Waals surface area contributed by atoms with Crippen molar-refractivity contribution in [1.82, 2.24) is 19.8 Å². The lowest BCUT2D eigenvalue weighted by Crippen LogP contribution is -2.44. The molecule has 2 heterocycles. The Balaban J connectivity index is 1.77. The van der Waals surface area contributed by atoms with E-state index in [1.165, 1.54) is 33.7 Å². The van der Waals surface area contributed by atoms with Crippen LogP contribution < -0.4 is 16.2 Å². The number of likely N-dealkylation sites (N-methyl/N-ethyl adjacent to an activating group) is 1. The third kappa shape index (κ3) is 8.03. The van der Waals surface area contributed by atoms with Crippen molar-refractivity contribution in [3.8, 4) is 0 Å². The van der Waals surface area contributed by atoms with Gasteiger partial charge in [-0.05, 0) is 67.2 Å². The highest BCUT2D eigenvalue weighted by Gasteiger charge is 2.21. The quantitative estimate of drug-likeness (QED) is 0.275. The molecule has 0 saturated carbocycles. The summed E-state index contributed by atoms with van der Waals surface area (Å²) in [5, 5.41) is 14.5. The first-order valence-electron chi connectivity index (χ1n) is 12.6. The first-order valence-corrected chi connectivity index (χ1v) is 12.6. The van der Waals surface area contributed by atoms with E-state index < -0.39 is 23.6 Å². The van der Waals surface area contributed by atoms with E-state index in [0.717, 1.165) is 11.1 Å². The van der Waals surface area contributed by atoms with Crippen LogP contribution in [0, 0.1) is 11.7 Å². The van der Waals surface area contributed by atoms with Gasteiger partial charge in [0.15, 0.2) is 0 Å². The van der Waals surface area contributed by atoms with Gasteiger partial charge in [-0.15, -0.1) is 0 Å². The molecule has 0 fully saturated rings. The molecule has 208 valence electrons. The third-order valence-corrected chi connectivity index (χ3v) is 6.01. The number of nitrogens with zero attached hydrogens (tertiary/aromatic N) is 2. The van der Waals surface area contributed by atoms with Gasteiger partial charge >= 0.3 is 6.09 Å². The third-order valence-electron chi connectivity index (χ3n) is 6.01. The number of allylic oxidation sites excluding steroid dienone is 1. The molecule has 1 aromatic carbocycles. The molecule has 3 rings (SSSR count). The fourth-order valence-corrected chi connectivity index (χ4v) is 4.20. The summed E-state index contributed by atoms with van der Waals surface area (Å²) in [6.45, 7) is 4.26. The maximum atomic E-state index is 14.2. The highest BCUT2D eigenvalue weighted by molar-refractivity contribution is 5.96. The number of fused-ring (bicyclic) bond motifs is 1. The Hall–Kier alpha value is -4.41. The summed E-state index contributed by atoms with van der Waals surface area (Å²) < 4.78 is 15.6. The maximum absolute atomic E-state index is 14.2. The van der Waals surface area contributed by atoms with E-state index in [-0.39, 0.29) is 36.8 Å². The van der Waals surface area contributed by atoms with Crippen LogP contribution in [0.1, 0.15) is 37.9 Å². The number of pyridine rings is 1. The normalized spacial score (nSPS) is 12.2. The number of aromatic nitrogens is 2. The minimum Gasteiger partial charge on any atom is -0.465 e. The standard InChI is InChI=1S/C28H34FN5O5/c1-17(2)12-18-13-20(29)14-19-15-21(30-25(18)19)16-34-11-7-9-23(27(34)37)31-26(36)22(32-28(38)39)8-5-6-10-24(35)33(3)4/h6-7,9-11,13-15,17,22,30,32H,5,8,12,16H2,1-4H3,(H,31,36)(H,38,39)/b10-6+. The Labute approximate surface area is 225 Å². The van der Waals surface area contributed by atoms with Crippen molar-refractivity contribution in [2.75, 3.05) is 19.4 Å². The molecule has 4 N–H and O–H groups in total. The van der Waals surface area contributed by atoms with Crippen molar-refractivity contribution >= 4 is 34.5 Å². The van der Waals surface area contributed by atoms with Gasteiger partial charge in [-0.3, -0.25) is 14.4 Å². The molecule has 3 amide bonds. The first kappa shape index (κ1) is 29.2. The molecule has 0 saturated heterocycles. The van der Waals surface area contributed by atoms with Crippen molar-refractivity contribution in [3.05, 3.63) is 76.1 Å². The number of anilines is 1. The molecule has 3 aromatic rings. The predicted molar refractivity (Wildman–Crippen MR) is 147 cm³/mol. The SMILES string of the molecule is CC(C)Cc1cc(F)cc2cc(Cn3cccc(NC(=O)C(CC/C=C/C(=O)N(C)C)NC(=O)O)c3=O)[nH]c12. The molecule has 0 aliphatic heterocycles. The van der Waals surface area contributed by atoms with E-state index in [1.807, 2.05) is 0 Å². The van der Waals surface area contributed by atoms with Gasteiger partial charge in [-0.25, -0.2) is 9.18 Å². The number of carbonyl (C=O) groups is 3. The number of aromatic amines is 1. The Bertz CT molecular complexity index is 1440. The molecular weight excluding hydrogens is 505 g/mol. The lowest BCUT2D eigenvalue weighted by atomic mass is 10.0.